The Morgan fingerprint density at radius 3 is 2.21 bits per heavy atom. The largest absolute Gasteiger partial charge is 0.387 e. The van der Waals surface area contributed by atoms with Crippen molar-refractivity contribution in [2.24, 2.45) is 11.8 Å². The highest BCUT2D eigenvalue weighted by atomic mass is 16.3. The lowest BCUT2D eigenvalue weighted by atomic mass is 9.83. The molecule has 1 fully saturated rings. The molecule has 2 heteroatoms. The van der Waals surface area contributed by atoms with Crippen LogP contribution in [0.1, 0.15) is 41.0 Å². The van der Waals surface area contributed by atoms with Gasteiger partial charge in [-0.15, -0.1) is 0 Å². The van der Waals surface area contributed by atoms with Gasteiger partial charge in [0.25, 0.3) is 0 Å². The Balaban J connectivity index is 2.55. The molecule has 1 aliphatic rings. The molecule has 0 aromatic carbocycles. The lowest BCUT2D eigenvalue weighted by Gasteiger charge is -2.41. The van der Waals surface area contributed by atoms with Crippen LogP contribution in [0.3, 0.4) is 0 Å². The summed E-state index contributed by atoms with van der Waals surface area (Å²) in [5, 5.41) is 10.1. The molecule has 1 rings (SSSR count). The Morgan fingerprint density at radius 1 is 1.29 bits per heavy atom. The maximum Gasteiger partial charge on any atom is 0.106 e. The summed E-state index contributed by atoms with van der Waals surface area (Å²) in [5.74, 6) is 1.13. The van der Waals surface area contributed by atoms with Crippen molar-refractivity contribution in [2.75, 3.05) is 13.1 Å². The van der Waals surface area contributed by atoms with E-state index >= 15 is 0 Å². The Bertz CT molecular complexity index is 183. The van der Waals surface area contributed by atoms with Crippen molar-refractivity contribution in [2.45, 2.75) is 52.7 Å². The lowest BCUT2D eigenvalue weighted by molar-refractivity contribution is -0.955. The molecule has 84 valence electrons. The molecule has 1 aliphatic heterocycles. The van der Waals surface area contributed by atoms with E-state index in [1.807, 2.05) is 0 Å². The second-order valence-electron chi connectivity index (χ2n) is 6.07. The van der Waals surface area contributed by atoms with Gasteiger partial charge in [-0.1, -0.05) is 13.8 Å². The zero-order valence-corrected chi connectivity index (χ0v) is 10.3. The van der Waals surface area contributed by atoms with Gasteiger partial charge in [0.2, 0.25) is 0 Å². The zero-order valence-electron chi connectivity index (χ0n) is 10.3. The fourth-order valence-electron chi connectivity index (χ4n) is 2.50. The van der Waals surface area contributed by atoms with Crippen LogP contribution < -0.4 is 4.90 Å². The first-order chi connectivity index (χ1) is 6.32. The Hall–Kier alpha value is -0.0800. The van der Waals surface area contributed by atoms with Crippen LogP contribution in [0.15, 0.2) is 0 Å². The van der Waals surface area contributed by atoms with Crippen molar-refractivity contribution >= 4 is 0 Å². The van der Waals surface area contributed by atoms with Crippen LogP contribution in [-0.4, -0.2) is 29.8 Å². The van der Waals surface area contributed by atoms with Crippen molar-refractivity contribution in [1.29, 1.82) is 0 Å². The van der Waals surface area contributed by atoms with Gasteiger partial charge in [-0.05, 0) is 32.6 Å². The van der Waals surface area contributed by atoms with Gasteiger partial charge in [0.05, 0.1) is 12.1 Å². The van der Waals surface area contributed by atoms with Crippen LogP contribution >= 0.6 is 0 Å². The van der Waals surface area contributed by atoms with E-state index in [0.29, 0.717) is 11.8 Å². The van der Waals surface area contributed by atoms with E-state index in [0.717, 1.165) is 6.54 Å². The number of aliphatic hydroxyl groups is 1. The van der Waals surface area contributed by atoms with E-state index < -0.39 is 0 Å². The molecule has 0 saturated carbocycles. The minimum Gasteiger partial charge on any atom is -0.387 e. The summed E-state index contributed by atoms with van der Waals surface area (Å²) in [7, 11) is 0. The third kappa shape index (κ3) is 2.71. The summed E-state index contributed by atoms with van der Waals surface area (Å²) < 4.78 is 0. The standard InChI is InChI=1S/C12H25NO/c1-9(2)10-6-7-13(8-11(10)14)12(3,4)5/h9-11,14H,6-8H2,1-5H3/p+1/t10-,11-/m0/s1. The Morgan fingerprint density at radius 2 is 1.86 bits per heavy atom. The molecule has 0 amide bonds. The Labute approximate surface area is 88.3 Å². The number of hydrogen-bond acceptors (Lipinski definition) is 1. The van der Waals surface area contributed by atoms with Gasteiger partial charge in [0, 0.05) is 6.42 Å². The van der Waals surface area contributed by atoms with Crippen molar-refractivity contribution in [1.82, 2.24) is 0 Å². The normalized spacial score (nSPS) is 34.9. The molecule has 0 bridgehead atoms. The van der Waals surface area contributed by atoms with E-state index in [1.165, 1.54) is 13.0 Å². The van der Waals surface area contributed by atoms with E-state index in [4.69, 9.17) is 0 Å². The third-order valence-corrected chi connectivity index (χ3v) is 3.65. The lowest BCUT2D eigenvalue weighted by Crippen LogP contribution is -3.21. The molecule has 1 heterocycles. The predicted molar refractivity (Wildman–Crippen MR) is 59.4 cm³/mol. The van der Waals surface area contributed by atoms with Crippen molar-refractivity contribution in [3.05, 3.63) is 0 Å². The van der Waals surface area contributed by atoms with E-state index in [9.17, 15) is 5.11 Å². The van der Waals surface area contributed by atoms with Crippen LogP contribution in [0.5, 0.6) is 0 Å². The molecular weight excluding hydrogens is 174 g/mol. The zero-order chi connectivity index (χ0) is 10.9. The predicted octanol–water partition coefficient (Wildman–Crippen LogP) is 0.707. The number of piperidine rings is 1. The summed E-state index contributed by atoms with van der Waals surface area (Å²) in [5.41, 5.74) is 0.281. The van der Waals surface area contributed by atoms with Crippen LogP contribution in [0.2, 0.25) is 0 Å². The minimum atomic E-state index is -0.0991. The first kappa shape index (κ1) is 12.0. The molecule has 0 aromatic heterocycles. The van der Waals surface area contributed by atoms with Crippen molar-refractivity contribution in [3.63, 3.8) is 0 Å². The number of nitrogens with one attached hydrogen (secondary N) is 1. The fraction of sp³-hybridized carbons (Fsp3) is 1.00. The van der Waals surface area contributed by atoms with E-state index in [2.05, 4.69) is 34.6 Å². The third-order valence-electron chi connectivity index (χ3n) is 3.65. The van der Waals surface area contributed by atoms with Crippen LogP contribution in [0.25, 0.3) is 0 Å². The molecule has 3 atom stereocenters. The molecule has 0 radical (unpaired) electrons. The number of likely N-dealkylation sites (tertiary alicyclic amines) is 1. The fourth-order valence-corrected chi connectivity index (χ4v) is 2.50. The molecule has 1 saturated heterocycles. The van der Waals surface area contributed by atoms with Gasteiger partial charge in [-0.2, -0.15) is 0 Å². The SMILES string of the molecule is CC(C)[C@@H]1CC[NH+](C(C)(C)C)C[C@@H]1O. The molecule has 0 aromatic rings. The first-order valence-corrected chi connectivity index (χ1v) is 5.85. The first-order valence-electron chi connectivity index (χ1n) is 5.85. The minimum absolute atomic E-state index is 0.0991. The quantitative estimate of drug-likeness (QED) is 0.640. The summed E-state index contributed by atoms with van der Waals surface area (Å²) in [6.45, 7) is 13.3. The molecule has 0 spiro atoms. The van der Waals surface area contributed by atoms with Crippen LogP contribution in [0, 0.1) is 11.8 Å². The van der Waals surface area contributed by atoms with E-state index in [1.54, 1.807) is 4.90 Å². The summed E-state index contributed by atoms with van der Waals surface area (Å²) in [4.78, 5) is 1.54. The van der Waals surface area contributed by atoms with Crippen LogP contribution in [0.4, 0.5) is 0 Å². The smallest absolute Gasteiger partial charge is 0.106 e. The maximum absolute atomic E-state index is 10.1. The number of hydrogen-bond donors (Lipinski definition) is 2. The molecule has 2 nitrogen and oxygen atoms in total. The molecule has 2 N–H and O–H groups in total. The molecule has 1 unspecified atom stereocenters. The second kappa shape index (κ2) is 4.19. The second-order valence-corrected chi connectivity index (χ2v) is 6.07. The van der Waals surface area contributed by atoms with E-state index in [-0.39, 0.29) is 11.6 Å². The summed E-state index contributed by atoms with van der Waals surface area (Å²) in [6, 6.07) is 0. The highest BCUT2D eigenvalue weighted by Gasteiger charge is 2.37. The maximum atomic E-state index is 10.1. The summed E-state index contributed by atoms with van der Waals surface area (Å²) in [6.07, 6.45) is 1.07. The molecule has 14 heavy (non-hydrogen) atoms. The molecular formula is C12H26NO+. The van der Waals surface area contributed by atoms with Crippen LogP contribution in [-0.2, 0) is 0 Å². The molecule has 0 aliphatic carbocycles. The number of rotatable bonds is 1. The van der Waals surface area contributed by atoms with Gasteiger partial charge in [-0.25, -0.2) is 0 Å². The van der Waals surface area contributed by atoms with Gasteiger partial charge in [0.15, 0.2) is 0 Å². The van der Waals surface area contributed by atoms with Gasteiger partial charge in [-0.3, -0.25) is 0 Å². The van der Waals surface area contributed by atoms with Gasteiger partial charge >= 0.3 is 0 Å². The van der Waals surface area contributed by atoms with Gasteiger partial charge < -0.3 is 10.0 Å². The Kier molecular flexibility index (Phi) is 3.59. The topological polar surface area (TPSA) is 24.7 Å². The average molecular weight is 200 g/mol. The highest BCUT2D eigenvalue weighted by Crippen LogP contribution is 2.20. The monoisotopic (exact) mass is 200 g/mol. The summed E-state index contributed by atoms with van der Waals surface area (Å²) >= 11 is 0. The van der Waals surface area contributed by atoms with Gasteiger partial charge in [0.1, 0.15) is 12.6 Å². The highest BCUT2D eigenvalue weighted by molar-refractivity contribution is 4.76. The van der Waals surface area contributed by atoms with Crippen molar-refractivity contribution in [3.8, 4) is 0 Å². The number of aliphatic hydroxyl groups excluding tert-OH is 1. The average Bonchev–Trinajstić information content (AvgIpc) is 2.01. The van der Waals surface area contributed by atoms with Crippen molar-refractivity contribution < 1.29 is 10.0 Å². The number of quaternary nitrogens is 1.